The van der Waals surface area contributed by atoms with Gasteiger partial charge in [0.2, 0.25) is 17.7 Å². The van der Waals surface area contributed by atoms with Gasteiger partial charge in [-0.3, -0.25) is 19.6 Å². The Kier molecular flexibility index (Phi) is 9.49. The Morgan fingerprint density at radius 1 is 1.02 bits per heavy atom. The maximum atomic E-state index is 13.9. The second-order valence-electron chi connectivity index (χ2n) is 13.5. The first kappa shape index (κ1) is 33.2. The van der Waals surface area contributed by atoms with Crippen LogP contribution in [0, 0.1) is 5.92 Å². The minimum absolute atomic E-state index is 0.0433. The molecule has 7 rings (SSSR count). The summed E-state index contributed by atoms with van der Waals surface area (Å²) < 4.78 is 7.64. The summed E-state index contributed by atoms with van der Waals surface area (Å²) in [5, 5.41) is 8.59. The number of amides is 2. The molecule has 11 heteroatoms. The molecule has 1 N–H and O–H groups in total. The Bertz CT molecular complexity index is 2010. The number of nitrogens with zero attached hydrogens (tertiary/aromatic N) is 7. The lowest BCUT2D eigenvalue weighted by Crippen LogP contribution is -2.42. The molecule has 50 heavy (non-hydrogen) atoms. The van der Waals surface area contributed by atoms with Crippen molar-refractivity contribution in [2.24, 2.45) is 13.0 Å². The predicted molar refractivity (Wildman–Crippen MR) is 195 cm³/mol. The maximum Gasteiger partial charge on any atom is 0.237 e. The minimum atomic E-state index is -0.165. The van der Waals surface area contributed by atoms with E-state index in [1.54, 1.807) is 12.5 Å². The molecule has 258 valence electrons. The van der Waals surface area contributed by atoms with Crippen molar-refractivity contribution < 1.29 is 14.3 Å². The van der Waals surface area contributed by atoms with Crippen molar-refractivity contribution >= 4 is 34.0 Å². The Balaban J connectivity index is 0.953. The van der Waals surface area contributed by atoms with Gasteiger partial charge in [-0.15, -0.1) is 0 Å². The van der Waals surface area contributed by atoms with E-state index in [1.807, 2.05) is 78.7 Å². The van der Waals surface area contributed by atoms with E-state index in [1.165, 1.54) is 11.1 Å². The number of imidazole rings is 1. The van der Waals surface area contributed by atoms with Gasteiger partial charge in [0.05, 0.1) is 36.1 Å². The van der Waals surface area contributed by atoms with Gasteiger partial charge in [-0.25, -0.2) is 9.97 Å². The number of nitrogens with one attached hydrogen (secondary N) is 1. The highest BCUT2D eigenvalue weighted by atomic mass is 16.5. The molecule has 1 saturated heterocycles. The molecule has 5 aromatic rings. The zero-order chi connectivity index (χ0) is 34.8. The SMILES string of the molecule is CCN(C(=O)C1CCN(CC(=O)N2CC=C(c3ccc(-c4cn(C)cn4)cc3)CC2)C1)c1ccc2[nH]nc(-c3ccc(OC(C)C)nc3)c2c1. The number of aromatic amines is 1. The van der Waals surface area contributed by atoms with E-state index in [0.29, 0.717) is 38.6 Å². The number of likely N-dealkylation sites (tertiary alicyclic amines) is 1. The number of hydrogen-bond donors (Lipinski definition) is 1. The molecule has 0 saturated carbocycles. The summed E-state index contributed by atoms with van der Waals surface area (Å²) in [7, 11) is 1.97. The third-order valence-corrected chi connectivity index (χ3v) is 9.61. The Labute approximate surface area is 292 Å². The highest BCUT2D eigenvalue weighted by molar-refractivity contribution is 6.00. The average Bonchev–Trinajstić information content (AvgIpc) is 3.89. The van der Waals surface area contributed by atoms with E-state index in [0.717, 1.165) is 58.5 Å². The van der Waals surface area contributed by atoms with Crippen molar-refractivity contribution in [1.82, 2.24) is 34.5 Å². The summed E-state index contributed by atoms with van der Waals surface area (Å²) in [6.07, 6.45) is 9.34. The van der Waals surface area contributed by atoms with Crippen LogP contribution in [-0.2, 0) is 16.6 Å². The number of aromatic nitrogens is 5. The molecule has 1 unspecified atom stereocenters. The summed E-state index contributed by atoms with van der Waals surface area (Å²) in [5.41, 5.74) is 7.86. The summed E-state index contributed by atoms with van der Waals surface area (Å²) in [6.45, 7) is 9.41. The zero-order valence-electron chi connectivity index (χ0n) is 29.2. The minimum Gasteiger partial charge on any atom is -0.475 e. The first-order valence-electron chi connectivity index (χ1n) is 17.5. The first-order chi connectivity index (χ1) is 24.2. The van der Waals surface area contributed by atoms with Crippen LogP contribution >= 0.6 is 0 Å². The smallest absolute Gasteiger partial charge is 0.237 e. The van der Waals surface area contributed by atoms with Crippen molar-refractivity contribution in [3.05, 3.63) is 85.0 Å². The number of fused-ring (bicyclic) bond motifs is 1. The van der Waals surface area contributed by atoms with Crippen LogP contribution < -0.4 is 9.64 Å². The average molecular weight is 673 g/mol. The number of aryl methyl sites for hydroxylation is 1. The lowest BCUT2D eigenvalue weighted by molar-refractivity contribution is -0.132. The number of rotatable bonds is 10. The van der Waals surface area contributed by atoms with Gasteiger partial charge in [0.15, 0.2) is 0 Å². The number of carbonyl (C=O) groups excluding carboxylic acids is 2. The second-order valence-corrected chi connectivity index (χ2v) is 13.5. The largest absolute Gasteiger partial charge is 0.475 e. The third-order valence-electron chi connectivity index (χ3n) is 9.61. The number of ether oxygens (including phenoxy) is 1. The Hall–Kier alpha value is -5.29. The fourth-order valence-electron chi connectivity index (χ4n) is 6.95. The molecule has 0 radical (unpaired) electrons. The summed E-state index contributed by atoms with van der Waals surface area (Å²) in [4.78, 5) is 42.0. The van der Waals surface area contributed by atoms with Gasteiger partial charge in [0.1, 0.15) is 5.69 Å². The number of anilines is 1. The molecule has 0 aliphatic carbocycles. The topological polar surface area (TPSA) is 112 Å². The molecule has 2 aliphatic rings. The number of pyridine rings is 1. The van der Waals surface area contributed by atoms with Crippen LogP contribution in [0.25, 0.3) is 39.0 Å². The number of carbonyl (C=O) groups is 2. The van der Waals surface area contributed by atoms with Crippen molar-refractivity contribution in [1.29, 1.82) is 0 Å². The number of benzene rings is 2. The number of hydrogen-bond acceptors (Lipinski definition) is 7. The fraction of sp³-hybridized carbons (Fsp3) is 0.359. The van der Waals surface area contributed by atoms with Gasteiger partial charge in [0.25, 0.3) is 0 Å². The highest BCUT2D eigenvalue weighted by Crippen LogP contribution is 2.32. The molecule has 3 aromatic heterocycles. The summed E-state index contributed by atoms with van der Waals surface area (Å²) in [6, 6.07) is 18.2. The predicted octanol–water partition coefficient (Wildman–Crippen LogP) is 5.80. The van der Waals surface area contributed by atoms with E-state index in [9.17, 15) is 9.59 Å². The van der Waals surface area contributed by atoms with E-state index in [-0.39, 0.29) is 23.8 Å². The fourth-order valence-corrected chi connectivity index (χ4v) is 6.95. The highest BCUT2D eigenvalue weighted by Gasteiger charge is 2.33. The van der Waals surface area contributed by atoms with Gasteiger partial charge in [0, 0.05) is 73.9 Å². The molecule has 2 aliphatic heterocycles. The van der Waals surface area contributed by atoms with Gasteiger partial charge in [-0.1, -0.05) is 30.3 Å². The normalized spacial score (nSPS) is 16.6. The molecular formula is C39H44N8O3. The van der Waals surface area contributed by atoms with Crippen LogP contribution in [0.5, 0.6) is 5.88 Å². The Morgan fingerprint density at radius 3 is 2.50 bits per heavy atom. The number of H-pyrrole nitrogens is 1. The van der Waals surface area contributed by atoms with Crippen molar-refractivity contribution in [2.75, 3.05) is 44.2 Å². The molecule has 5 heterocycles. The lowest BCUT2D eigenvalue weighted by atomic mass is 9.98. The molecule has 2 amide bonds. The van der Waals surface area contributed by atoms with Crippen LogP contribution in [0.3, 0.4) is 0 Å². The molecule has 2 aromatic carbocycles. The van der Waals surface area contributed by atoms with Crippen molar-refractivity contribution in [3.63, 3.8) is 0 Å². The molecule has 0 spiro atoms. The van der Waals surface area contributed by atoms with Crippen LogP contribution in [0.2, 0.25) is 0 Å². The van der Waals surface area contributed by atoms with Crippen LogP contribution in [0.4, 0.5) is 5.69 Å². The summed E-state index contributed by atoms with van der Waals surface area (Å²) in [5.74, 6) is 0.605. The Morgan fingerprint density at radius 2 is 1.82 bits per heavy atom. The van der Waals surface area contributed by atoms with Gasteiger partial charge in [-0.2, -0.15) is 5.10 Å². The monoisotopic (exact) mass is 672 g/mol. The van der Waals surface area contributed by atoms with Gasteiger partial charge in [-0.05, 0) is 75.6 Å². The van der Waals surface area contributed by atoms with Crippen molar-refractivity contribution in [2.45, 2.75) is 39.7 Å². The van der Waals surface area contributed by atoms with Crippen molar-refractivity contribution in [3.8, 4) is 28.4 Å². The van der Waals surface area contributed by atoms with Crippen LogP contribution in [0.15, 0.2) is 79.4 Å². The molecule has 11 nitrogen and oxygen atoms in total. The lowest BCUT2D eigenvalue weighted by Gasteiger charge is -2.29. The van der Waals surface area contributed by atoms with Crippen LogP contribution in [0.1, 0.15) is 39.2 Å². The first-order valence-corrected chi connectivity index (χ1v) is 17.5. The standard InChI is InChI=1S/C39H44N8O3/c1-5-47(32-11-12-34-33(20-32)38(43-42-34)30-10-13-36(40-21-30)50-26(2)3)39(49)31-14-17-45(22-31)24-37(48)46-18-15-28(16-19-46)27-6-8-29(9-7-27)35-23-44(4)25-41-35/h6-13,15,20-21,23,25-26,31H,5,14,16-19,22,24H2,1-4H3,(H,42,43). The maximum absolute atomic E-state index is 13.9. The van der Waals surface area contributed by atoms with E-state index >= 15 is 0 Å². The van der Waals surface area contributed by atoms with E-state index < -0.39 is 0 Å². The second kappa shape index (κ2) is 14.3. The zero-order valence-corrected chi connectivity index (χ0v) is 29.2. The molecule has 0 bridgehead atoms. The third kappa shape index (κ3) is 7.04. The van der Waals surface area contributed by atoms with E-state index in [2.05, 4.69) is 55.4 Å². The van der Waals surface area contributed by atoms with Gasteiger partial charge < -0.3 is 19.1 Å². The van der Waals surface area contributed by atoms with Crippen LogP contribution in [-0.4, -0.2) is 91.7 Å². The molecule has 1 fully saturated rings. The van der Waals surface area contributed by atoms with Gasteiger partial charge >= 0.3 is 0 Å². The molecule has 1 atom stereocenters. The molecular weight excluding hydrogens is 628 g/mol. The van der Waals surface area contributed by atoms with E-state index in [4.69, 9.17) is 4.74 Å². The summed E-state index contributed by atoms with van der Waals surface area (Å²) >= 11 is 0. The quantitative estimate of drug-likeness (QED) is 0.200.